The molecule has 35 heavy (non-hydrogen) atoms. The molecule has 2 N–H and O–H groups in total. The van der Waals surface area contributed by atoms with Gasteiger partial charge in [0.15, 0.2) is 6.29 Å². The molecular weight excluding hydrogens is 466 g/mol. The molecular formula is C26H38ClN5O3. The van der Waals surface area contributed by atoms with Crippen molar-refractivity contribution in [3.63, 3.8) is 0 Å². The van der Waals surface area contributed by atoms with E-state index in [1.165, 1.54) is 0 Å². The van der Waals surface area contributed by atoms with Crippen molar-refractivity contribution < 1.29 is 14.3 Å². The van der Waals surface area contributed by atoms with E-state index < -0.39 is 0 Å². The van der Waals surface area contributed by atoms with Gasteiger partial charge in [0.25, 0.3) is 0 Å². The first-order valence-corrected chi connectivity index (χ1v) is 13.4. The molecule has 3 unspecified atom stereocenters. The number of amidine groups is 1. The highest BCUT2D eigenvalue weighted by Crippen LogP contribution is 2.37. The summed E-state index contributed by atoms with van der Waals surface area (Å²) in [6.45, 7) is 5.89. The SMILES string of the molecule is CC(C)OCCCN1C(=O)C2CCCCC2N2C(CCC(=O)NCCc3ccc(Cl)cc3)=NNC12. The first-order valence-electron chi connectivity index (χ1n) is 13.0. The summed E-state index contributed by atoms with van der Waals surface area (Å²) >= 11 is 5.93. The number of halogens is 1. The highest BCUT2D eigenvalue weighted by Gasteiger charge is 2.50. The third kappa shape index (κ3) is 6.47. The molecule has 8 nitrogen and oxygen atoms in total. The van der Waals surface area contributed by atoms with Gasteiger partial charge in [-0.25, -0.2) is 0 Å². The minimum absolute atomic E-state index is 0.00400. The van der Waals surface area contributed by atoms with E-state index in [0.717, 1.165) is 49.9 Å². The molecule has 192 valence electrons. The van der Waals surface area contributed by atoms with Crippen LogP contribution in [0.5, 0.6) is 0 Å². The summed E-state index contributed by atoms with van der Waals surface area (Å²) in [6.07, 6.45) is 6.53. The number of carbonyl (C=O) groups is 2. The molecule has 2 amide bonds. The molecule has 0 spiro atoms. The second-order valence-electron chi connectivity index (χ2n) is 9.93. The van der Waals surface area contributed by atoms with E-state index in [1.807, 2.05) is 43.0 Å². The van der Waals surface area contributed by atoms with Crippen molar-refractivity contribution in [2.45, 2.75) is 83.6 Å². The Morgan fingerprint density at radius 2 is 2.00 bits per heavy atom. The molecule has 0 bridgehead atoms. The van der Waals surface area contributed by atoms with Gasteiger partial charge in [0.2, 0.25) is 11.8 Å². The third-order valence-electron chi connectivity index (χ3n) is 7.07. The topological polar surface area (TPSA) is 86.3 Å². The largest absolute Gasteiger partial charge is 0.379 e. The monoisotopic (exact) mass is 503 g/mol. The van der Waals surface area contributed by atoms with Crippen LogP contribution in [0.25, 0.3) is 0 Å². The van der Waals surface area contributed by atoms with Crippen molar-refractivity contribution in [3.05, 3.63) is 34.9 Å². The molecule has 9 heteroatoms. The summed E-state index contributed by atoms with van der Waals surface area (Å²) in [5.74, 6) is 1.13. The average Bonchev–Trinajstić information content (AvgIpc) is 3.27. The second kappa shape index (κ2) is 12.1. The molecule has 1 saturated heterocycles. The molecule has 1 aromatic carbocycles. The lowest BCUT2D eigenvalue weighted by atomic mass is 9.80. The number of amides is 2. The fourth-order valence-electron chi connectivity index (χ4n) is 5.33. The third-order valence-corrected chi connectivity index (χ3v) is 7.32. The van der Waals surface area contributed by atoms with E-state index in [2.05, 4.69) is 20.7 Å². The van der Waals surface area contributed by atoms with Crippen LogP contribution in [0, 0.1) is 5.92 Å². The number of nitrogens with one attached hydrogen (secondary N) is 2. The van der Waals surface area contributed by atoms with Gasteiger partial charge in [0.05, 0.1) is 12.0 Å². The number of fused-ring (bicyclic) bond motifs is 3. The maximum atomic E-state index is 13.4. The van der Waals surface area contributed by atoms with Crippen LogP contribution in [0.15, 0.2) is 29.4 Å². The number of carbonyl (C=O) groups excluding carboxylic acids is 2. The standard InChI is InChI=1S/C26H38ClN5O3/c1-18(2)35-17-5-16-31-25(34)21-6-3-4-7-22(21)32-23(29-30-26(31)32)12-13-24(33)28-15-14-19-8-10-20(27)11-9-19/h8-11,18,21-22,26,30H,3-7,12-17H2,1-2H3,(H,28,33). The molecule has 1 aromatic rings. The van der Waals surface area contributed by atoms with Gasteiger partial charge < -0.3 is 19.9 Å². The molecule has 0 radical (unpaired) electrons. The van der Waals surface area contributed by atoms with Gasteiger partial charge in [-0.3, -0.25) is 15.0 Å². The summed E-state index contributed by atoms with van der Waals surface area (Å²) in [7, 11) is 0. The van der Waals surface area contributed by atoms with E-state index in [9.17, 15) is 9.59 Å². The normalized spacial score (nSPS) is 23.6. The van der Waals surface area contributed by atoms with Crippen LogP contribution in [0.3, 0.4) is 0 Å². The lowest BCUT2D eigenvalue weighted by molar-refractivity contribution is -0.155. The lowest BCUT2D eigenvalue weighted by Gasteiger charge is -2.50. The van der Waals surface area contributed by atoms with Crippen molar-refractivity contribution >= 4 is 29.3 Å². The molecule has 1 aliphatic carbocycles. The van der Waals surface area contributed by atoms with Gasteiger partial charge >= 0.3 is 0 Å². The van der Waals surface area contributed by atoms with E-state index in [1.54, 1.807) is 0 Å². The van der Waals surface area contributed by atoms with Crippen LogP contribution < -0.4 is 10.7 Å². The van der Waals surface area contributed by atoms with Crippen LogP contribution in [0.4, 0.5) is 0 Å². The quantitative estimate of drug-likeness (QED) is 0.451. The highest BCUT2D eigenvalue weighted by atomic mass is 35.5. The van der Waals surface area contributed by atoms with Gasteiger partial charge in [-0.1, -0.05) is 36.6 Å². The summed E-state index contributed by atoms with van der Waals surface area (Å²) in [6, 6.07) is 7.84. The Morgan fingerprint density at radius 3 is 2.77 bits per heavy atom. The van der Waals surface area contributed by atoms with Crippen LogP contribution in [-0.2, 0) is 20.7 Å². The summed E-state index contributed by atoms with van der Waals surface area (Å²) < 4.78 is 5.69. The number of ether oxygens (including phenoxy) is 1. The Labute approximate surface area is 213 Å². The van der Waals surface area contributed by atoms with Crippen LogP contribution in [-0.4, -0.2) is 65.6 Å². The van der Waals surface area contributed by atoms with Gasteiger partial charge in [0.1, 0.15) is 5.84 Å². The Kier molecular flexibility index (Phi) is 8.89. The maximum absolute atomic E-state index is 13.4. The molecule has 3 aliphatic rings. The molecule has 3 atom stereocenters. The number of hydrogen-bond acceptors (Lipinski definition) is 6. The molecule has 2 fully saturated rings. The number of hydrazone groups is 1. The Balaban J connectivity index is 1.31. The van der Waals surface area contributed by atoms with Crippen molar-refractivity contribution in [1.82, 2.24) is 20.5 Å². The van der Waals surface area contributed by atoms with E-state index in [4.69, 9.17) is 16.3 Å². The fourth-order valence-corrected chi connectivity index (χ4v) is 5.46. The smallest absolute Gasteiger partial charge is 0.230 e. The maximum Gasteiger partial charge on any atom is 0.230 e. The van der Waals surface area contributed by atoms with Crippen molar-refractivity contribution in [2.24, 2.45) is 11.0 Å². The van der Waals surface area contributed by atoms with Crippen molar-refractivity contribution in [3.8, 4) is 0 Å². The molecule has 2 aliphatic heterocycles. The van der Waals surface area contributed by atoms with Gasteiger partial charge in [-0.2, -0.15) is 5.10 Å². The molecule has 0 aromatic heterocycles. The van der Waals surface area contributed by atoms with Gasteiger partial charge in [-0.05, 0) is 57.2 Å². The van der Waals surface area contributed by atoms with Gasteiger partial charge in [-0.15, -0.1) is 0 Å². The zero-order valence-electron chi connectivity index (χ0n) is 20.8. The molecule has 4 rings (SSSR count). The minimum atomic E-state index is -0.260. The van der Waals surface area contributed by atoms with Crippen molar-refractivity contribution in [1.29, 1.82) is 0 Å². The average molecular weight is 504 g/mol. The Bertz CT molecular complexity index is 907. The van der Waals surface area contributed by atoms with Crippen molar-refractivity contribution in [2.75, 3.05) is 19.7 Å². The number of rotatable bonds is 11. The number of nitrogens with zero attached hydrogens (tertiary/aromatic N) is 3. The summed E-state index contributed by atoms with van der Waals surface area (Å²) in [5, 5.41) is 8.32. The first kappa shape index (κ1) is 25.8. The van der Waals surface area contributed by atoms with Gasteiger partial charge in [0, 0.05) is 43.6 Å². The molecule has 1 saturated carbocycles. The zero-order chi connectivity index (χ0) is 24.8. The minimum Gasteiger partial charge on any atom is -0.379 e. The Morgan fingerprint density at radius 1 is 1.23 bits per heavy atom. The lowest BCUT2D eigenvalue weighted by Crippen LogP contribution is -2.67. The summed E-state index contributed by atoms with van der Waals surface area (Å²) in [5.41, 5.74) is 4.34. The van der Waals surface area contributed by atoms with E-state index in [0.29, 0.717) is 37.6 Å². The first-order chi connectivity index (χ1) is 16.9. The van der Waals surface area contributed by atoms with Crippen LogP contribution in [0.2, 0.25) is 5.02 Å². The highest BCUT2D eigenvalue weighted by molar-refractivity contribution is 6.30. The van der Waals surface area contributed by atoms with Crippen LogP contribution >= 0.6 is 11.6 Å². The summed E-state index contributed by atoms with van der Waals surface area (Å²) in [4.78, 5) is 30.1. The Hall–Kier alpha value is -2.32. The number of benzene rings is 1. The van der Waals surface area contributed by atoms with E-state index in [-0.39, 0.29) is 36.2 Å². The predicted molar refractivity (Wildman–Crippen MR) is 137 cm³/mol. The number of hydrogen-bond donors (Lipinski definition) is 2. The molecule has 2 heterocycles. The fraction of sp³-hybridized carbons (Fsp3) is 0.654. The van der Waals surface area contributed by atoms with E-state index >= 15 is 0 Å². The zero-order valence-corrected chi connectivity index (χ0v) is 21.6. The van der Waals surface area contributed by atoms with Crippen LogP contribution in [0.1, 0.15) is 64.4 Å². The predicted octanol–water partition coefficient (Wildman–Crippen LogP) is 3.50. The second-order valence-corrected chi connectivity index (χ2v) is 10.4.